The molecule has 0 saturated carbocycles. The monoisotopic (exact) mass is 597 g/mol. The second-order valence-corrected chi connectivity index (χ2v) is 11.8. The first-order valence-corrected chi connectivity index (χ1v) is 15.3. The predicted octanol–water partition coefficient (Wildman–Crippen LogP) is 4.93. The van der Waals surface area contributed by atoms with Gasteiger partial charge in [0.25, 0.3) is 0 Å². The lowest BCUT2D eigenvalue weighted by Crippen LogP contribution is -2.31. The molecule has 0 unspecified atom stereocenters. The minimum absolute atomic E-state index is 0.00489. The average Bonchev–Trinajstić information content (AvgIpc) is 3.80. The first-order valence-electron chi connectivity index (χ1n) is 15.3. The maximum absolute atomic E-state index is 12.8. The molecule has 5 rings (SSSR count). The average molecular weight is 598 g/mol. The molecule has 0 aliphatic carbocycles. The summed E-state index contributed by atoms with van der Waals surface area (Å²) in [4.78, 5) is 71.8. The van der Waals surface area contributed by atoms with E-state index in [-0.39, 0.29) is 66.9 Å². The van der Waals surface area contributed by atoms with Crippen molar-refractivity contribution in [2.24, 2.45) is 5.92 Å². The molecule has 3 aromatic rings. The molecule has 2 N–H and O–H groups in total. The molecule has 2 fully saturated rings. The van der Waals surface area contributed by atoms with E-state index in [0.717, 1.165) is 41.1 Å². The zero-order valence-corrected chi connectivity index (χ0v) is 25.3. The summed E-state index contributed by atoms with van der Waals surface area (Å²) in [5, 5.41) is 2.97. The molecule has 0 bridgehead atoms. The van der Waals surface area contributed by atoms with Gasteiger partial charge in [-0.1, -0.05) is 36.4 Å². The summed E-state index contributed by atoms with van der Waals surface area (Å²) in [5.74, 6) is 0.317. The van der Waals surface area contributed by atoms with Crippen LogP contribution >= 0.6 is 0 Å². The number of amides is 3. The van der Waals surface area contributed by atoms with Crippen LogP contribution in [0.1, 0.15) is 70.7 Å². The van der Waals surface area contributed by atoms with E-state index in [1.807, 2.05) is 53.4 Å². The number of carbonyl (C=O) groups is 5. The van der Waals surface area contributed by atoms with Crippen molar-refractivity contribution in [3.05, 3.63) is 60.6 Å². The standard InChI is InChI=1S/C34H39N5O5/c1-22(40)5-15-31(42)38-19-17-27(21-38)34(44)36-28-13-11-25(12-14-28)24-7-9-26(10-8-24)29-20-35-33(37-29)30-4-3-18-39(30)32(43)16-6-23(2)41/h7-14,20,27,30H,3-6,15-19,21H2,1-2H3,(H,35,37)(H,36,44)/t27-,30+/m1/s1. The van der Waals surface area contributed by atoms with Gasteiger partial charge in [0.1, 0.15) is 17.4 Å². The number of aromatic amines is 1. The van der Waals surface area contributed by atoms with Crippen LogP contribution in [0, 0.1) is 5.92 Å². The molecule has 2 aliphatic heterocycles. The Kier molecular flexibility index (Phi) is 9.67. The van der Waals surface area contributed by atoms with Crippen LogP contribution < -0.4 is 5.32 Å². The SMILES string of the molecule is CC(=O)CCC(=O)N1CC[C@@H](C(=O)Nc2ccc(-c3ccc(-c4cnc([C@@H]5CCCN5C(=O)CCC(C)=O)[nH]4)cc3)cc2)C1. The van der Waals surface area contributed by atoms with Gasteiger partial charge in [-0.05, 0) is 61.9 Å². The Morgan fingerprint density at radius 1 is 0.795 bits per heavy atom. The van der Waals surface area contributed by atoms with Crippen LogP contribution in [0.3, 0.4) is 0 Å². The molecule has 0 radical (unpaired) electrons. The maximum Gasteiger partial charge on any atom is 0.229 e. The molecule has 230 valence electrons. The third-order valence-electron chi connectivity index (χ3n) is 8.46. The number of ketones is 2. The van der Waals surface area contributed by atoms with Gasteiger partial charge in [-0.3, -0.25) is 14.4 Å². The second kappa shape index (κ2) is 13.8. The van der Waals surface area contributed by atoms with Gasteiger partial charge in [0, 0.05) is 51.0 Å². The van der Waals surface area contributed by atoms with Crippen molar-refractivity contribution < 1.29 is 24.0 Å². The van der Waals surface area contributed by atoms with Gasteiger partial charge in [0.2, 0.25) is 17.7 Å². The van der Waals surface area contributed by atoms with E-state index >= 15 is 0 Å². The quantitative estimate of drug-likeness (QED) is 0.322. The van der Waals surface area contributed by atoms with Crippen LogP contribution in [0.25, 0.3) is 22.4 Å². The van der Waals surface area contributed by atoms with Crippen LogP contribution in [-0.4, -0.2) is 68.7 Å². The molecular weight excluding hydrogens is 558 g/mol. The molecule has 3 heterocycles. The van der Waals surface area contributed by atoms with E-state index in [1.54, 1.807) is 11.1 Å². The Bertz CT molecular complexity index is 1530. The molecule has 10 nitrogen and oxygen atoms in total. The summed E-state index contributed by atoms with van der Waals surface area (Å²) in [5.41, 5.74) is 4.59. The molecule has 44 heavy (non-hydrogen) atoms. The summed E-state index contributed by atoms with van der Waals surface area (Å²) in [6, 6.07) is 15.7. The van der Waals surface area contributed by atoms with E-state index in [1.165, 1.54) is 13.8 Å². The minimum Gasteiger partial charge on any atom is -0.342 e. The number of hydrogen-bond donors (Lipinski definition) is 2. The lowest BCUT2D eigenvalue weighted by atomic mass is 10.0. The maximum atomic E-state index is 12.8. The van der Waals surface area contributed by atoms with Gasteiger partial charge in [-0.15, -0.1) is 0 Å². The number of benzene rings is 2. The second-order valence-electron chi connectivity index (χ2n) is 11.8. The number of anilines is 1. The Hall–Kier alpha value is -4.60. The van der Waals surface area contributed by atoms with Crippen molar-refractivity contribution in [2.75, 3.05) is 25.0 Å². The third kappa shape index (κ3) is 7.48. The minimum atomic E-state index is -0.268. The van der Waals surface area contributed by atoms with Crippen molar-refractivity contribution >= 4 is 35.0 Å². The van der Waals surface area contributed by atoms with Crippen molar-refractivity contribution in [1.82, 2.24) is 19.8 Å². The highest BCUT2D eigenvalue weighted by atomic mass is 16.2. The predicted molar refractivity (Wildman–Crippen MR) is 166 cm³/mol. The fourth-order valence-electron chi connectivity index (χ4n) is 5.90. The molecule has 1 aromatic heterocycles. The Morgan fingerprint density at radius 3 is 2.07 bits per heavy atom. The highest BCUT2D eigenvalue weighted by Crippen LogP contribution is 2.33. The topological polar surface area (TPSA) is 133 Å². The van der Waals surface area contributed by atoms with Crippen LogP contribution in [0.5, 0.6) is 0 Å². The highest BCUT2D eigenvalue weighted by Gasteiger charge is 2.32. The molecule has 2 aromatic carbocycles. The molecule has 10 heteroatoms. The van der Waals surface area contributed by atoms with Gasteiger partial charge >= 0.3 is 0 Å². The fourth-order valence-corrected chi connectivity index (χ4v) is 5.90. The first-order chi connectivity index (χ1) is 21.2. The number of carbonyl (C=O) groups excluding carboxylic acids is 5. The number of Topliss-reactive ketones (excluding diaryl/α,β-unsaturated/α-hetero) is 2. The number of aromatic nitrogens is 2. The zero-order valence-electron chi connectivity index (χ0n) is 25.3. The number of nitrogens with one attached hydrogen (secondary N) is 2. The molecule has 2 atom stereocenters. The summed E-state index contributed by atoms with van der Waals surface area (Å²) in [6.45, 7) is 4.57. The molecule has 2 aliphatic rings. The number of hydrogen-bond acceptors (Lipinski definition) is 6. The van der Waals surface area contributed by atoms with Gasteiger partial charge < -0.3 is 29.7 Å². The van der Waals surface area contributed by atoms with E-state index in [0.29, 0.717) is 31.7 Å². The summed E-state index contributed by atoms with van der Waals surface area (Å²) < 4.78 is 0. The van der Waals surface area contributed by atoms with Crippen molar-refractivity contribution in [2.45, 2.75) is 64.8 Å². The molecule has 0 spiro atoms. The van der Waals surface area contributed by atoms with Crippen molar-refractivity contribution in [1.29, 1.82) is 0 Å². The van der Waals surface area contributed by atoms with Crippen molar-refractivity contribution in [3.63, 3.8) is 0 Å². The number of nitrogens with zero attached hydrogens (tertiary/aromatic N) is 3. The van der Waals surface area contributed by atoms with Crippen LogP contribution in [-0.2, 0) is 24.0 Å². The highest BCUT2D eigenvalue weighted by molar-refractivity contribution is 5.94. The third-order valence-corrected chi connectivity index (χ3v) is 8.46. The smallest absolute Gasteiger partial charge is 0.229 e. The van der Waals surface area contributed by atoms with Gasteiger partial charge in [0.15, 0.2) is 0 Å². The number of H-pyrrole nitrogens is 1. The van der Waals surface area contributed by atoms with Crippen LogP contribution in [0.2, 0.25) is 0 Å². The van der Waals surface area contributed by atoms with E-state index in [4.69, 9.17) is 0 Å². The summed E-state index contributed by atoms with van der Waals surface area (Å²) in [7, 11) is 0. The fraction of sp³-hybridized carbons (Fsp3) is 0.412. The summed E-state index contributed by atoms with van der Waals surface area (Å²) in [6.07, 6.45) is 5.09. The largest absolute Gasteiger partial charge is 0.342 e. The van der Waals surface area contributed by atoms with Gasteiger partial charge in [-0.25, -0.2) is 4.98 Å². The lowest BCUT2D eigenvalue weighted by Gasteiger charge is -2.23. The Balaban J connectivity index is 1.16. The van der Waals surface area contributed by atoms with E-state index < -0.39 is 0 Å². The molecular formula is C34H39N5O5. The van der Waals surface area contributed by atoms with Crippen molar-refractivity contribution in [3.8, 4) is 22.4 Å². The normalized spacial score (nSPS) is 18.0. The Morgan fingerprint density at radius 2 is 1.41 bits per heavy atom. The number of likely N-dealkylation sites (tertiary alicyclic amines) is 2. The van der Waals surface area contributed by atoms with Crippen LogP contribution in [0.4, 0.5) is 5.69 Å². The van der Waals surface area contributed by atoms with Gasteiger partial charge in [0.05, 0.1) is 23.9 Å². The van der Waals surface area contributed by atoms with Gasteiger partial charge in [-0.2, -0.15) is 0 Å². The Labute approximate surface area is 257 Å². The van der Waals surface area contributed by atoms with E-state index in [2.05, 4.69) is 15.3 Å². The van der Waals surface area contributed by atoms with Crippen LogP contribution in [0.15, 0.2) is 54.7 Å². The molecule has 3 amide bonds. The first kappa shape index (κ1) is 30.8. The number of rotatable bonds is 11. The molecule has 2 saturated heterocycles. The number of imidazole rings is 1. The lowest BCUT2D eigenvalue weighted by molar-refractivity contribution is -0.134. The van der Waals surface area contributed by atoms with E-state index in [9.17, 15) is 24.0 Å². The zero-order chi connectivity index (χ0) is 31.2. The summed E-state index contributed by atoms with van der Waals surface area (Å²) >= 11 is 0.